The Morgan fingerprint density at radius 1 is 1.17 bits per heavy atom. The molecule has 1 heterocycles. The summed E-state index contributed by atoms with van der Waals surface area (Å²) >= 11 is 3.45. The number of unbranched alkanes of at least 4 members (excludes halogenated alkanes) is 2. The Hall–Kier alpha value is -0.870. The molecule has 1 amide bonds. The van der Waals surface area contributed by atoms with Crippen LogP contribution in [0.5, 0.6) is 0 Å². The Balaban J connectivity index is 1.54. The van der Waals surface area contributed by atoms with E-state index >= 15 is 0 Å². The molecule has 1 saturated heterocycles. The van der Waals surface area contributed by atoms with Crippen LogP contribution in [0, 0.1) is 0 Å². The van der Waals surface area contributed by atoms with Crippen molar-refractivity contribution in [3.8, 4) is 0 Å². The van der Waals surface area contributed by atoms with Crippen molar-refractivity contribution in [1.82, 2.24) is 10.2 Å². The van der Waals surface area contributed by atoms with Gasteiger partial charge in [-0.05, 0) is 62.8 Å². The molecule has 0 radical (unpaired) electrons. The summed E-state index contributed by atoms with van der Waals surface area (Å²) in [4.78, 5) is 14.6. The minimum absolute atomic E-state index is 0.234. The maximum atomic E-state index is 12.1. The number of amides is 1. The van der Waals surface area contributed by atoms with Crippen molar-refractivity contribution < 1.29 is 4.79 Å². The van der Waals surface area contributed by atoms with Gasteiger partial charge in [0.05, 0.1) is 0 Å². The van der Waals surface area contributed by atoms with E-state index in [0.717, 1.165) is 49.7 Å². The summed E-state index contributed by atoms with van der Waals surface area (Å²) in [6.45, 7) is 5.72. The lowest BCUT2D eigenvalue weighted by Gasteiger charge is -2.32. The number of aryl methyl sites for hydroxylation is 1. The van der Waals surface area contributed by atoms with Gasteiger partial charge in [0.2, 0.25) is 5.91 Å². The molecule has 4 heteroatoms. The monoisotopic (exact) mass is 394 g/mol. The number of nitrogens with one attached hydrogen (secondary N) is 1. The van der Waals surface area contributed by atoms with Crippen molar-refractivity contribution in [2.75, 3.05) is 19.6 Å². The third-order valence-corrected chi connectivity index (χ3v) is 5.34. The van der Waals surface area contributed by atoms with Gasteiger partial charge in [0.1, 0.15) is 0 Å². The van der Waals surface area contributed by atoms with Gasteiger partial charge in [-0.1, -0.05) is 41.4 Å². The van der Waals surface area contributed by atoms with Gasteiger partial charge in [0, 0.05) is 30.0 Å². The van der Waals surface area contributed by atoms with Gasteiger partial charge in [-0.3, -0.25) is 4.79 Å². The SMILES string of the molecule is CCCCN1CCC(NC(=O)CCCCc2ccc(Br)cc2)CC1. The van der Waals surface area contributed by atoms with E-state index < -0.39 is 0 Å². The average Bonchev–Trinajstić information content (AvgIpc) is 2.60. The van der Waals surface area contributed by atoms with Crippen LogP contribution in [-0.4, -0.2) is 36.5 Å². The normalized spacial score (nSPS) is 16.2. The molecule has 1 fully saturated rings. The molecule has 1 aromatic rings. The second-order valence-electron chi connectivity index (χ2n) is 6.87. The number of carbonyl (C=O) groups excluding carboxylic acids is 1. The molecular formula is C20H31BrN2O. The number of benzene rings is 1. The maximum Gasteiger partial charge on any atom is 0.220 e. The number of rotatable bonds is 9. The van der Waals surface area contributed by atoms with Gasteiger partial charge in [0.15, 0.2) is 0 Å². The molecule has 1 aliphatic rings. The van der Waals surface area contributed by atoms with Gasteiger partial charge in [-0.15, -0.1) is 0 Å². The van der Waals surface area contributed by atoms with Crippen LogP contribution in [-0.2, 0) is 11.2 Å². The van der Waals surface area contributed by atoms with Crippen LogP contribution in [0.2, 0.25) is 0 Å². The summed E-state index contributed by atoms with van der Waals surface area (Å²) < 4.78 is 1.12. The van der Waals surface area contributed by atoms with E-state index in [0.29, 0.717) is 12.5 Å². The number of hydrogen-bond donors (Lipinski definition) is 1. The number of likely N-dealkylation sites (tertiary alicyclic amines) is 1. The first-order valence-electron chi connectivity index (χ1n) is 9.43. The lowest BCUT2D eigenvalue weighted by molar-refractivity contribution is -0.122. The van der Waals surface area contributed by atoms with E-state index in [-0.39, 0.29) is 5.91 Å². The molecular weight excluding hydrogens is 364 g/mol. The second-order valence-corrected chi connectivity index (χ2v) is 7.79. The molecule has 1 N–H and O–H groups in total. The zero-order valence-electron chi connectivity index (χ0n) is 14.9. The lowest BCUT2D eigenvalue weighted by atomic mass is 10.0. The molecule has 0 atom stereocenters. The first kappa shape index (κ1) is 19.5. The van der Waals surface area contributed by atoms with Gasteiger partial charge >= 0.3 is 0 Å². The first-order valence-corrected chi connectivity index (χ1v) is 10.2. The van der Waals surface area contributed by atoms with E-state index in [1.807, 2.05) is 0 Å². The zero-order valence-corrected chi connectivity index (χ0v) is 16.5. The highest BCUT2D eigenvalue weighted by molar-refractivity contribution is 9.10. The van der Waals surface area contributed by atoms with Crippen LogP contribution < -0.4 is 5.32 Å². The highest BCUT2D eigenvalue weighted by Gasteiger charge is 2.19. The summed E-state index contributed by atoms with van der Waals surface area (Å²) in [6, 6.07) is 8.85. The fourth-order valence-corrected chi connectivity index (χ4v) is 3.51. The number of hydrogen-bond acceptors (Lipinski definition) is 2. The highest BCUT2D eigenvalue weighted by atomic mass is 79.9. The summed E-state index contributed by atoms with van der Waals surface area (Å²) in [5.74, 6) is 0.234. The molecule has 3 nitrogen and oxygen atoms in total. The van der Waals surface area contributed by atoms with Crippen molar-refractivity contribution >= 4 is 21.8 Å². The smallest absolute Gasteiger partial charge is 0.220 e. The molecule has 0 bridgehead atoms. The predicted octanol–water partition coefficient (Wildman–Crippen LogP) is 4.54. The number of piperidine rings is 1. The summed E-state index contributed by atoms with van der Waals surface area (Å²) in [7, 11) is 0. The number of carbonyl (C=O) groups is 1. The van der Waals surface area contributed by atoms with E-state index in [1.165, 1.54) is 24.9 Å². The van der Waals surface area contributed by atoms with Crippen molar-refractivity contribution in [2.45, 2.75) is 64.3 Å². The van der Waals surface area contributed by atoms with Crippen LogP contribution in [0.25, 0.3) is 0 Å². The Bertz CT molecular complexity index is 481. The van der Waals surface area contributed by atoms with E-state index in [1.54, 1.807) is 0 Å². The fraction of sp³-hybridized carbons (Fsp3) is 0.650. The Labute approximate surface area is 155 Å². The van der Waals surface area contributed by atoms with Crippen LogP contribution >= 0.6 is 15.9 Å². The van der Waals surface area contributed by atoms with Crippen LogP contribution in [0.4, 0.5) is 0 Å². The van der Waals surface area contributed by atoms with Gasteiger partial charge in [0.25, 0.3) is 0 Å². The second kappa shape index (κ2) is 10.9. The Morgan fingerprint density at radius 3 is 2.54 bits per heavy atom. The molecule has 1 aromatic carbocycles. The molecule has 0 aliphatic carbocycles. The summed E-state index contributed by atoms with van der Waals surface area (Å²) in [5.41, 5.74) is 1.35. The Morgan fingerprint density at radius 2 is 1.88 bits per heavy atom. The molecule has 0 saturated carbocycles. The Kier molecular flexibility index (Phi) is 8.82. The van der Waals surface area contributed by atoms with Gasteiger partial charge < -0.3 is 10.2 Å². The molecule has 2 rings (SSSR count). The van der Waals surface area contributed by atoms with E-state index in [9.17, 15) is 4.79 Å². The minimum Gasteiger partial charge on any atom is -0.353 e. The molecule has 24 heavy (non-hydrogen) atoms. The van der Waals surface area contributed by atoms with Crippen molar-refractivity contribution in [3.63, 3.8) is 0 Å². The molecule has 0 unspecified atom stereocenters. The quantitative estimate of drug-likeness (QED) is 0.623. The minimum atomic E-state index is 0.234. The van der Waals surface area contributed by atoms with E-state index in [4.69, 9.17) is 0 Å². The lowest BCUT2D eigenvalue weighted by Crippen LogP contribution is -2.44. The summed E-state index contributed by atoms with van der Waals surface area (Å²) in [6.07, 6.45) is 8.51. The van der Waals surface area contributed by atoms with Crippen LogP contribution in [0.1, 0.15) is 57.4 Å². The van der Waals surface area contributed by atoms with Gasteiger partial charge in [-0.25, -0.2) is 0 Å². The molecule has 0 spiro atoms. The highest BCUT2D eigenvalue weighted by Crippen LogP contribution is 2.14. The van der Waals surface area contributed by atoms with Crippen molar-refractivity contribution in [1.29, 1.82) is 0 Å². The topological polar surface area (TPSA) is 32.3 Å². The first-order chi connectivity index (χ1) is 11.7. The largest absolute Gasteiger partial charge is 0.353 e. The van der Waals surface area contributed by atoms with Gasteiger partial charge in [-0.2, -0.15) is 0 Å². The third kappa shape index (κ3) is 7.35. The van der Waals surface area contributed by atoms with Crippen LogP contribution in [0.3, 0.4) is 0 Å². The molecule has 1 aliphatic heterocycles. The van der Waals surface area contributed by atoms with Crippen LogP contribution in [0.15, 0.2) is 28.7 Å². The third-order valence-electron chi connectivity index (χ3n) is 4.81. The standard InChI is InChI=1S/C20H31BrN2O/c1-2-3-14-23-15-12-19(13-16-23)22-20(24)7-5-4-6-17-8-10-18(21)11-9-17/h8-11,19H,2-7,12-16H2,1H3,(H,22,24). The molecule has 0 aromatic heterocycles. The summed E-state index contributed by atoms with van der Waals surface area (Å²) in [5, 5.41) is 3.23. The predicted molar refractivity (Wildman–Crippen MR) is 104 cm³/mol. The number of nitrogens with zero attached hydrogens (tertiary/aromatic N) is 1. The van der Waals surface area contributed by atoms with E-state index in [2.05, 4.69) is 57.3 Å². The van der Waals surface area contributed by atoms with Crippen molar-refractivity contribution in [3.05, 3.63) is 34.3 Å². The fourth-order valence-electron chi connectivity index (χ4n) is 3.25. The zero-order chi connectivity index (χ0) is 17.2. The average molecular weight is 395 g/mol. The van der Waals surface area contributed by atoms with Crippen molar-refractivity contribution in [2.24, 2.45) is 0 Å². The molecule has 134 valence electrons. The number of halogens is 1. The maximum absolute atomic E-state index is 12.1.